The molecule has 100 valence electrons. The number of carbonyl (C=O) groups is 1. The van der Waals surface area contributed by atoms with Crippen LogP contribution >= 0.6 is 0 Å². The Kier molecular flexibility index (Phi) is 5.92. The Bertz CT molecular complexity index is 239. The molecule has 0 saturated carbocycles. The topological polar surface area (TPSA) is 58.6 Å². The van der Waals surface area contributed by atoms with Crippen molar-refractivity contribution >= 4 is 5.97 Å². The lowest BCUT2D eigenvalue weighted by atomic mass is 9.94. The Hall–Kier alpha value is -0.610. The third-order valence-corrected chi connectivity index (χ3v) is 3.50. The molecular formula is C13H25NO3. The van der Waals surface area contributed by atoms with Crippen molar-refractivity contribution in [2.45, 2.75) is 64.0 Å². The van der Waals surface area contributed by atoms with Gasteiger partial charge in [0.25, 0.3) is 0 Å². The smallest absolute Gasteiger partial charge is 0.323 e. The highest BCUT2D eigenvalue weighted by Gasteiger charge is 2.33. The summed E-state index contributed by atoms with van der Waals surface area (Å²) in [6, 6.07) is 0. The molecule has 4 nitrogen and oxygen atoms in total. The van der Waals surface area contributed by atoms with E-state index in [1.165, 1.54) is 0 Å². The van der Waals surface area contributed by atoms with Gasteiger partial charge in [0.1, 0.15) is 5.54 Å². The van der Waals surface area contributed by atoms with Gasteiger partial charge in [-0.25, -0.2) is 0 Å². The molecule has 0 aromatic carbocycles. The lowest BCUT2D eigenvalue weighted by Crippen LogP contribution is -2.51. The van der Waals surface area contributed by atoms with E-state index in [9.17, 15) is 9.90 Å². The van der Waals surface area contributed by atoms with Crippen LogP contribution in [0.25, 0.3) is 0 Å². The molecule has 0 bridgehead atoms. The maximum Gasteiger partial charge on any atom is 0.323 e. The maximum atomic E-state index is 11.3. The Labute approximate surface area is 104 Å². The lowest BCUT2D eigenvalue weighted by Gasteiger charge is -2.27. The van der Waals surface area contributed by atoms with Gasteiger partial charge in [0.2, 0.25) is 0 Å². The van der Waals surface area contributed by atoms with Gasteiger partial charge in [-0.3, -0.25) is 10.1 Å². The number of carboxylic acids is 1. The fourth-order valence-electron chi connectivity index (χ4n) is 2.14. The van der Waals surface area contributed by atoms with E-state index < -0.39 is 11.5 Å². The van der Waals surface area contributed by atoms with E-state index in [2.05, 4.69) is 12.2 Å². The Morgan fingerprint density at radius 2 is 2.29 bits per heavy atom. The zero-order valence-corrected chi connectivity index (χ0v) is 11.0. The molecule has 2 atom stereocenters. The molecule has 4 heteroatoms. The van der Waals surface area contributed by atoms with Gasteiger partial charge >= 0.3 is 5.97 Å². The molecular weight excluding hydrogens is 218 g/mol. The van der Waals surface area contributed by atoms with Gasteiger partial charge in [0.15, 0.2) is 0 Å². The van der Waals surface area contributed by atoms with Crippen molar-refractivity contribution in [2.24, 2.45) is 0 Å². The van der Waals surface area contributed by atoms with Crippen LogP contribution in [0.15, 0.2) is 0 Å². The minimum absolute atomic E-state index is 0.194. The van der Waals surface area contributed by atoms with E-state index in [1.807, 2.05) is 0 Å². The monoisotopic (exact) mass is 243 g/mol. The number of unbranched alkanes of at least 4 members (excludes halogenated alkanes) is 2. The molecule has 1 aliphatic heterocycles. The Morgan fingerprint density at radius 3 is 2.82 bits per heavy atom. The highest BCUT2D eigenvalue weighted by molar-refractivity contribution is 5.78. The van der Waals surface area contributed by atoms with Crippen LogP contribution in [0.2, 0.25) is 0 Å². The SMILES string of the molecule is CCCCCC(C)(NCC1CCCO1)C(=O)O. The fourth-order valence-corrected chi connectivity index (χ4v) is 2.14. The van der Waals surface area contributed by atoms with Gasteiger partial charge in [0, 0.05) is 13.2 Å². The molecule has 0 radical (unpaired) electrons. The van der Waals surface area contributed by atoms with Crippen molar-refractivity contribution in [3.8, 4) is 0 Å². The summed E-state index contributed by atoms with van der Waals surface area (Å²) in [6.07, 6.45) is 6.16. The van der Waals surface area contributed by atoms with Crippen LogP contribution in [-0.4, -0.2) is 35.9 Å². The number of ether oxygens (including phenoxy) is 1. The van der Waals surface area contributed by atoms with Crippen LogP contribution in [0, 0.1) is 0 Å². The normalized spacial score (nSPS) is 23.5. The molecule has 0 aromatic heterocycles. The van der Waals surface area contributed by atoms with Gasteiger partial charge in [-0.1, -0.05) is 26.2 Å². The highest BCUT2D eigenvalue weighted by atomic mass is 16.5. The third kappa shape index (κ3) is 4.64. The summed E-state index contributed by atoms with van der Waals surface area (Å²) in [5, 5.41) is 12.5. The van der Waals surface area contributed by atoms with Crippen LogP contribution in [0.4, 0.5) is 0 Å². The second-order valence-corrected chi connectivity index (χ2v) is 5.11. The second-order valence-electron chi connectivity index (χ2n) is 5.11. The summed E-state index contributed by atoms with van der Waals surface area (Å²) in [7, 11) is 0. The van der Waals surface area contributed by atoms with Gasteiger partial charge in [0.05, 0.1) is 6.10 Å². The summed E-state index contributed by atoms with van der Waals surface area (Å²) >= 11 is 0. The van der Waals surface area contributed by atoms with Crippen molar-refractivity contribution in [1.82, 2.24) is 5.32 Å². The second kappa shape index (κ2) is 6.97. The minimum atomic E-state index is -0.804. The molecule has 2 N–H and O–H groups in total. The Balaban J connectivity index is 2.37. The van der Waals surface area contributed by atoms with E-state index >= 15 is 0 Å². The van der Waals surface area contributed by atoms with Crippen LogP contribution in [0.1, 0.15) is 52.4 Å². The summed E-state index contributed by atoms with van der Waals surface area (Å²) in [5.41, 5.74) is -0.804. The molecule has 0 aromatic rings. The van der Waals surface area contributed by atoms with Crippen LogP contribution in [-0.2, 0) is 9.53 Å². The van der Waals surface area contributed by atoms with Crippen LogP contribution < -0.4 is 5.32 Å². The molecule has 2 unspecified atom stereocenters. The summed E-state index contributed by atoms with van der Waals surface area (Å²) in [4.78, 5) is 11.3. The molecule has 17 heavy (non-hydrogen) atoms. The number of aliphatic carboxylic acids is 1. The van der Waals surface area contributed by atoms with Crippen molar-refractivity contribution in [2.75, 3.05) is 13.2 Å². The fraction of sp³-hybridized carbons (Fsp3) is 0.923. The van der Waals surface area contributed by atoms with E-state index in [-0.39, 0.29) is 6.10 Å². The van der Waals surface area contributed by atoms with E-state index in [1.54, 1.807) is 6.92 Å². The number of rotatable bonds is 8. The van der Waals surface area contributed by atoms with Crippen molar-refractivity contribution in [3.63, 3.8) is 0 Å². The first-order chi connectivity index (χ1) is 8.08. The first-order valence-corrected chi connectivity index (χ1v) is 6.68. The average Bonchev–Trinajstić information content (AvgIpc) is 2.79. The Morgan fingerprint density at radius 1 is 1.53 bits per heavy atom. The summed E-state index contributed by atoms with van der Waals surface area (Å²) in [5.74, 6) is -0.758. The molecule has 1 aliphatic rings. The molecule has 1 heterocycles. The van der Waals surface area contributed by atoms with Crippen molar-refractivity contribution in [3.05, 3.63) is 0 Å². The number of carboxylic acid groups (broad SMARTS) is 1. The van der Waals surface area contributed by atoms with Gasteiger partial charge in [-0.2, -0.15) is 0 Å². The zero-order valence-electron chi connectivity index (χ0n) is 11.0. The number of hydrogen-bond donors (Lipinski definition) is 2. The zero-order chi connectivity index (χ0) is 12.7. The molecule has 0 spiro atoms. The van der Waals surface area contributed by atoms with Gasteiger partial charge in [-0.05, 0) is 26.2 Å². The molecule has 1 rings (SSSR count). The predicted molar refractivity (Wildman–Crippen MR) is 67.2 cm³/mol. The first-order valence-electron chi connectivity index (χ1n) is 6.68. The van der Waals surface area contributed by atoms with Crippen molar-refractivity contribution in [1.29, 1.82) is 0 Å². The van der Waals surface area contributed by atoms with Crippen molar-refractivity contribution < 1.29 is 14.6 Å². The summed E-state index contributed by atoms with van der Waals surface area (Å²) in [6.45, 7) is 5.36. The van der Waals surface area contributed by atoms with E-state index in [0.717, 1.165) is 38.7 Å². The van der Waals surface area contributed by atoms with Crippen LogP contribution in [0.5, 0.6) is 0 Å². The number of hydrogen-bond acceptors (Lipinski definition) is 3. The van der Waals surface area contributed by atoms with Gasteiger partial charge in [-0.15, -0.1) is 0 Å². The predicted octanol–water partition coefficient (Wildman–Crippen LogP) is 2.18. The summed E-state index contributed by atoms with van der Waals surface area (Å²) < 4.78 is 5.50. The minimum Gasteiger partial charge on any atom is -0.480 e. The highest BCUT2D eigenvalue weighted by Crippen LogP contribution is 2.17. The average molecular weight is 243 g/mol. The molecule has 1 fully saturated rings. The van der Waals surface area contributed by atoms with Gasteiger partial charge < -0.3 is 9.84 Å². The van der Waals surface area contributed by atoms with E-state index in [0.29, 0.717) is 13.0 Å². The standard InChI is InChI=1S/C13H25NO3/c1-3-4-5-8-13(2,12(15)16)14-10-11-7-6-9-17-11/h11,14H,3-10H2,1-2H3,(H,15,16). The molecule has 0 aliphatic carbocycles. The first kappa shape index (κ1) is 14.5. The van der Waals surface area contributed by atoms with E-state index in [4.69, 9.17) is 4.74 Å². The molecule has 1 saturated heterocycles. The third-order valence-electron chi connectivity index (χ3n) is 3.50. The maximum absolute atomic E-state index is 11.3. The largest absolute Gasteiger partial charge is 0.480 e. The van der Waals surface area contributed by atoms with Crippen LogP contribution in [0.3, 0.4) is 0 Å². The molecule has 0 amide bonds. The number of nitrogens with one attached hydrogen (secondary N) is 1. The quantitative estimate of drug-likeness (QED) is 0.641. The lowest BCUT2D eigenvalue weighted by molar-refractivity contribution is -0.144.